The zero-order valence-electron chi connectivity index (χ0n) is 27.5. The number of hydrogen-bond acceptors (Lipinski definition) is 6. The lowest BCUT2D eigenvalue weighted by Crippen LogP contribution is -2.40. The van der Waals surface area contributed by atoms with Gasteiger partial charge in [0.2, 0.25) is 5.91 Å². The topological polar surface area (TPSA) is 104 Å². The molecule has 2 aliphatic carbocycles. The minimum atomic E-state index is -3.96. The quantitative estimate of drug-likeness (QED) is 0.404. The molecule has 7 rings (SSSR count). The van der Waals surface area contributed by atoms with Crippen molar-refractivity contribution in [2.24, 2.45) is 5.41 Å². The first-order chi connectivity index (χ1) is 21.9. The van der Waals surface area contributed by atoms with E-state index in [2.05, 4.69) is 45.3 Å². The number of carbonyl (C=O) groups excluding carboxylic acids is 2. The van der Waals surface area contributed by atoms with Crippen LogP contribution in [0.2, 0.25) is 0 Å². The molecule has 2 aromatic carbocycles. The molecule has 3 fully saturated rings. The van der Waals surface area contributed by atoms with E-state index < -0.39 is 21.5 Å². The van der Waals surface area contributed by atoms with Crippen LogP contribution in [0.1, 0.15) is 78.3 Å². The monoisotopic (exact) mass is 647 g/mol. The molecule has 3 aromatic rings. The van der Waals surface area contributed by atoms with Gasteiger partial charge in [-0.25, -0.2) is 4.72 Å². The van der Waals surface area contributed by atoms with E-state index in [1.807, 2.05) is 18.2 Å². The molecule has 2 aliphatic heterocycles. The molecule has 10 nitrogen and oxygen atoms in total. The van der Waals surface area contributed by atoms with Crippen molar-refractivity contribution in [2.45, 2.75) is 69.4 Å². The summed E-state index contributed by atoms with van der Waals surface area (Å²) in [6.07, 6.45) is 7.47. The van der Waals surface area contributed by atoms with Gasteiger partial charge in [-0.2, -0.15) is 12.7 Å². The minimum Gasteiger partial charge on any atom is -0.497 e. The van der Waals surface area contributed by atoms with Crippen molar-refractivity contribution in [3.05, 3.63) is 53.1 Å². The van der Waals surface area contributed by atoms with E-state index in [-0.39, 0.29) is 17.4 Å². The molecule has 246 valence electrons. The molecule has 1 saturated heterocycles. The number of rotatable bonds is 7. The lowest BCUT2D eigenvalue weighted by atomic mass is 9.81. The number of likely N-dealkylation sites (tertiary alicyclic amines) is 1. The largest absolute Gasteiger partial charge is 0.497 e. The molecule has 0 radical (unpaired) electrons. The highest BCUT2D eigenvalue weighted by Gasteiger charge is 2.64. The number of amides is 2. The number of benzene rings is 2. The number of fused-ring (bicyclic) bond motifs is 7. The summed E-state index contributed by atoms with van der Waals surface area (Å²) in [5, 5.41) is 1.08. The van der Waals surface area contributed by atoms with Crippen LogP contribution >= 0.6 is 0 Å². The van der Waals surface area contributed by atoms with E-state index in [9.17, 15) is 18.0 Å². The van der Waals surface area contributed by atoms with Crippen LogP contribution in [0.3, 0.4) is 0 Å². The Kier molecular flexibility index (Phi) is 7.72. The standard InChI is InChI=1S/C35H45N5O5S/c1-37(2)24-15-16-39(20-24)34(42)35-19-29(35)28-18-25(45-5)12-14-26(28)32-31(22-9-7-6-8-10-22)27-13-11-23(17-30(27)40(32)21-35)33(41)36-46(43,44)38(3)4/h11-14,17-18,22,24,29H,6-10,15-16,19-21H2,1-5H3,(H,36,41)/t24-,29?,35?/m0/s1. The first-order valence-electron chi connectivity index (χ1n) is 16.5. The van der Waals surface area contributed by atoms with Crippen LogP contribution in [0.25, 0.3) is 22.2 Å². The van der Waals surface area contributed by atoms with Crippen LogP contribution in [0.4, 0.5) is 0 Å². The molecule has 2 amide bonds. The van der Waals surface area contributed by atoms with E-state index in [0.29, 0.717) is 18.5 Å². The molecule has 46 heavy (non-hydrogen) atoms. The number of methoxy groups -OCH3 is 1. The normalized spacial score (nSPS) is 24.5. The lowest BCUT2D eigenvalue weighted by Gasteiger charge is -2.26. The number of carbonyl (C=O) groups is 2. The Balaban J connectivity index is 1.42. The van der Waals surface area contributed by atoms with E-state index in [4.69, 9.17) is 4.74 Å². The highest BCUT2D eigenvalue weighted by Crippen LogP contribution is 2.66. The van der Waals surface area contributed by atoms with Gasteiger partial charge >= 0.3 is 10.2 Å². The van der Waals surface area contributed by atoms with E-state index in [1.54, 1.807) is 13.2 Å². The summed E-state index contributed by atoms with van der Waals surface area (Å²) < 4.78 is 36.3. The van der Waals surface area contributed by atoms with Crippen molar-refractivity contribution in [1.82, 2.24) is 23.4 Å². The molecular formula is C35H45N5O5S. The summed E-state index contributed by atoms with van der Waals surface area (Å²) in [6, 6.07) is 12.2. The molecule has 4 aliphatic rings. The summed E-state index contributed by atoms with van der Waals surface area (Å²) in [5.41, 5.74) is 5.24. The van der Waals surface area contributed by atoms with Crippen LogP contribution in [0.5, 0.6) is 5.75 Å². The van der Waals surface area contributed by atoms with Crippen LogP contribution in [-0.4, -0.2) is 93.3 Å². The first kappa shape index (κ1) is 31.2. The lowest BCUT2D eigenvalue weighted by molar-refractivity contribution is -0.136. The molecule has 1 aromatic heterocycles. The maximum atomic E-state index is 14.6. The smallest absolute Gasteiger partial charge is 0.303 e. The second-order valence-electron chi connectivity index (χ2n) is 14.2. The van der Waals surface area contributed by atoms with Crippen molar-refractivity contribution in [3.63, 3.8) is 0 Å². The molecule has 3 heterocycles. The number of ether oxygens (including phenoxy) is 1. The molecule has 1 N–H and O–H groups in total. The zero-order valence-corrected chi connectivity index (χ0v) is 28.3. The fraction of sp³-hybridized carbons (Fsp3) is 0.543. The predicted molar refractivity (Wildman–Crippen MR) is 178 cm³/mol. The summed E-state index contributed by atoms with van der Waals surface area (Å²) in [5.74, 6) is 0.735. The maximum Gasteiger partial charge on any atom is 0.303 e. The van der Waals surface area contributed by atoms with Crippen molar-refractivity contribution >= 4 is 32.9 Å². The molecule has 2 unspecified atom stereocenters. The molecular weight excluding hydrogens is 602 g/mol. The third-order valence-electron chi connectivity index (χ3n) is 11.1. The Morgan fingerprint density at radius 1 is 1.00 bits per heavy atom. The number of likely N-dealkylation sites (N-methyl/N-ethyl adjacent to an activating group) is 1. The Bertz CT molecular complexity index is 1830. The third kappa shape index (κ3) is 5.02. The van der Waals surface area contributed by atoms with Gasteiger partial charge in [-0.3, -0.25) is 9.59 Å². The summed E-state index contributed by atoms with van der Waals surface area (Å²) in [6.45, 7) is 1.98. The number of aromatic nitrogens is 1. The summed E-state index contributed by atoms with van der Waals surface area (Å²) >= 11 is 0. The third-order valence-corrected chi connectivity index (χ3v) is 12.5. The van der Waals surface area contributed by atoms with Gasteiger partial charge in [0.05, 0.1) is 18.2 Å². The molecule has 0 bridgehead atoms. The number of hydrogen-bond donors (Lipinski definition) is 1. The zero-order chi connectivity index (χ0) is 32.5. The summed E-state index contributed by atoms with van der Waals surface area (Å²) in [7, 11) is 4.65. The molecule has 2 saturated carbocycles. The molecule has 0 spiro atoms. The highest BCUT2D eigenvalue weighted by molar-refractivity contribution is 7.87. The van der Waals surface area contributed by atoms with Gasteiger partial charge in [0.15, 0.2) is 0 Å². The van der Waals surface area contributed by atoms with E-state index in [0.717, 1.165) is 76.6 Å². The minimum absolute atomic E-state index is 0.0642. The predicted octanol–water partition coefficient (Wildman–Crippen LogP) is 4.55. The van der Waals surface area contributed by atoms with Crippen molar-refractivity contribution in [1.29, 1.82) is 0 Å². The average Bonchev–Trinajstić information content (AvgIpc) is 3.42. The number of nitrogens with zero attached hydrogens (tertiary/aromatic N) is 4. The van der Waals surface area contributed by atoms with E-state index in [1.165, 1.54) is 38.9 Å². The summed E-state index contributed by atoms with van der Waals surface area (Å²) in [4.78, 5) is 32.2. The second kappa shape index (κ2) is 11.4. The maximum absolute atomic E-state index is 14.6. The van der Waals surface area contributed by atoms with Crippen LogP contribution < -0.4 is 9.46 Å². The van der Waals surface area contributed by atoms with Gasteiger partial charge < -0.3 is 19.1 Å². The molecule has 3 atom stereocenters. The number of nitrogens with one attached hydrogen (secondary N) is 1. The van der Waals surface area contributed by atoms with Gasteiger partial charge in [-0.1, -0.05) is 25.3 Å². The van der Waals surface area contributed by atoms with Gasteiger partial charge in [0.25, 0.3) is 5.91 Å². The van der Waals surface area contributed by atoms with Gasteiger partial charge in [0, 0.05) is 67.7 Å². The Morgan fingerprint density at radius 3 is 2.43 bits per heavy atom. The fourth-order valence-electron chi connectivity index (χ4n) is 8.35. The van der Waals surface area contributed by atoms with Gasteiger partial charge in [-0.05, 0) is 87.2 Å². The van der Waals surface area contributed by atoms with Crippen LogP contribution in [-0.2, 0) is 21.5 Å². The Hall–Kier alpha value is -3.41. The van der Waals surface area contributed by atoms with Gasteiger partial charge in [0.1, 0.15) is 5.75 Å². The SMILES string of the molecule is COc1ccc2c(c1)C1CC1(C(=O)N1CC[C@H](N(C)C)C1)Cn1c-2c(C2CCCCC2)c2ccc(C(=O)NS(=O)(=O)N(C)C)cc21. The Morgan fingerprint density at radius 2 is 1.76 bits per heavy atom. The Labute approximate surface area is 271 Å². The van der Waals surface area contributed by atoms with Crippen LogP contribution in [0.15, 0.2) is 36.4 Å². The highest BCUT2D eigenvalue weighted by atomic mass is 32.2. The molecule has 11 heteroatoms. The van der Waals surface area contributed by atoms with Gasteiger partial charge in [-0.15, -0.1) is 0 Å². The van der Waals surface area contributed by atoms with Crippen LogP contribution in [0, 0.1) is 5.41 Å². The van der Waals surface area contributed by atoms with Crippen molar-refractivity contribution in [2.75, 3.05) is 48.4 Å². The van der Waals surface area contributed by atoms with E-state index >= 15 is 0 Å². The van der Waals surface area contributed by atoms with Crippen molar-refractivity contribution < 1.29 is 22.7 Å². The average molecular weight is 648 g/mol. The second-order valence-corrected chi connectivity index (χ2v) is 16.0. The van der Waals surface area contributed by atoms with Crippen molar-refractivity contribution in [3.8, 4) is 17.0 Å². The first-order valence-corrected chi connectivity index (χ1v) is 17.9. The fourth-order valence-corrected chi connectivity index (χ4v) is 8.89.